The summed E-state index contributed by atoms with van der Waals surface area (Å²) in [6.07, 6.45) is 7.54. The van der Waals surface area contributed by atoms with E-state index in [1.807, 2.05) is 44.8 Å². The smallest absolute Gasteiger partial charge is 0.129 e. The van der Waals surface area contributed by atoms with Crippen molar-refractivity contribution in [3.63, 3.8) is 0 Å². The van der Waals surface area contributed by atoms with E-state index in [1.54, 1.807) is 21.6 Å². The Hall–Kier alpha value is -2.73. The molecule has 4 aromatic rings. The molecular weight excluding hydrogens is 312 g/mol. The van der Waals surface area contributed by atoms with Crippen molar-refractivity contribution in [2.45, 2.75) is 0 Å². The fourth-order valence-electron chi connectivity index (χ4n) is 2.59. The summed E-state index contributed by atoms with van der Waals surface area (Å²) in [5.41, 5.74) is 5.32. The lowest BCUT2D eigenvalue weighted by Gasteiger charge is -2.03. The summed E-state index contributed by atoms with van der Waals surface area (Å²) in [5, 5.41) is 9.23. The molecular formula is C16H13ClN6. The Labute approximate surface area is 137 Å². The van der Waals surface area contributed by atoms with Crippen molar-refractivity contribution in [1.29, 1.82) is 0 Å². The van der Waals surface area contributed by atoms with E-state index in [1.165, 1.54) is 0 Å². The number of aryl methyl sites for hydroxylation is 2. The molecule has 7 heteroatoms. The zero-order valence-corrected chi connectivity index (χ0v) is 13.4. The van der Waals surface area contributed by atoms with Crippen LogP contribution in [0.4, 0.5) is 0 Å². The van der Waals surface area contributed by atoms with Gasteiger partial charge in [-0.25, -0.2) is 4.98 Å². The Morgan fingerprint density at radius 1 is 0.957 bits per heavy atom. The summed E-state index contributed by atoms with van der Waals surface area (Å²) < 4.78 is 3.54. The van der Waals surface area contributed by atoms with Crippen molar-refractivity contribution in [3.8, 4) is 22.4 Å². The van der Waals surface area contributed by atoms with Crippen molar-refractivity contribution in [1.82, 2.24) is 29.5 Å². The summed E-state index contributed by atoms with van der Waals surface area (Å²) >= 11 is 5.98. The number of rotatable bonds is 2. The van der Waals surface area contributed by atoms with Crippen molar-refractivity contribution < 1.29 is 0 Å². The number of aromatic nitrogens is 6. The number of halogens is 1. The normalized spacial score (nSPS) is 11.3. The summed E-state index contributed by atoms with van der Waals surface area (Å²) in [5.74, 6) is 0. The topological polar surface area (TPSA) is 61.4 Å². The number of nitrogens with zero attached hydrogens (tertiary/aromatic N) is 6. The largest absolute Gasteiger partial charge is 0.275 e. The summed E-state index contributed by atoms with van der Waals surface area (Å²) in [6.45, 7) is 0. The van der Waals surface area contributed by atoms with Crippen LogP contribution < -0.4 is 0 Å². The van der Waals surface area contributed by atoms with Crippen LogP contribution in [-0.4, -0.2) is 29.5 Å². The number of hydrogen-bond acceptors (Lipinski definition) is 4. The van der Waals surface area contributed by atoms with Crippen molar-refractivity contribution >= 4 is 22.6 Å². The average Bonchev–Trinajstić information content (AvgIpc) is 3.12. The zero-order valence-electron chi connectivity index (χ0n) is 12.6. The Morgan fingerprint density at radius 3 is 2.61 bits per heavy atom. The van der Waals surface area contributed by atoms with Gasteiger partial charge in [-0.1, -0.05) is 11.6 Å². The van der Waals surface area contributed by atoms with Gasteiger partial charge in [0, 0.05) is 49.4 Å². The van der Waals surface area contributed by atoms with E-state index < -0.39 is 0 Å². The molecule has 0 saturated carbocycles. The quantitative estimate of drug-likeness (QED) is 0.532. The zero-order chi connectivity index (χ0) is 16.0. The van der Waals surface area contributed by atoms with Crippen LogP contribution in [0, 0.1) is 0 Å². The molecule has 0 aliphatic heterocycles. The van der Waals surface area contributed by atoms with Gasteiger partial charge in [-0.15, -0.1) is 0 Å². The first-order valence-corrected chi connectivity index (χ1v) is 7.43. The lowest BCUT2D eigenvalue weighted by Crippen LogP contribution is -1.88. The van der Waals surface area contributed by atoms with Gasteiger partial charge in [0.15, 0.2) is 0 Å². The molecule has 4 heterocycles. The van der Waals surface area contributed by atoms with E-state index in [9.17, 15) is 0 Å². The van der Waals surface area contributed by atoms with Crippen molar-refractivity contribution in [2.24, 2.45) is 14.1 Å². The van der Waals surface area contributed by atoms with E-state index >= 15 is 0 Å². The maximum atomic E-state index is 5.98. The molecule has 0 saturated heterocycles. The Balaban J connectivity index is 1.90. The summed E-state index contributed by atoms with van der Waals surface area (Å²) in [6, 6.07) is 5.58. The van der Waals surface area contributed by atoms with Gasteiger partial charge in [-0.3, -0.25) is 14.3 Å². The minimum atomic E-state index is 0.454. The van der Waals surface area contributed by atoms with Gasteiger partial charge >= 0.3 is 0 Å². The minimum Gasteiger partial charge on any atom is -0.275 e. The fourth-order valence-corrected chi connectivity index (χ4v) is 2.74. The standard InChI is InChI=1S/C16H13ClN6/c1-22-8-11(7-19-22)16-12(9-23(2)21-16)10-5-14-13(18-6-10)3-4-15(17)20-14/h3-9H,1-2H3. The average molecular weight is 325 g/mol. The highest BCUT2D eigenvalue weighted by Crippen LogP contribution is 2.31. The van der Waals surface area contributed by atoms with Crippen LogP contribution in [-0.2, 0) is 14.1 Å². The molecule has 0 fully saturated rings. The second-order valence-corrected chi connectivity index (χ2v) is 5.75. The second kappa shape index (κ2) is 5.17. The van der Waals surface area contributed by atoms with Gasteiger partial charge in [0.05, 0.1) is 17.2 Å². The first-order chi connectivity index (χ1) is 11.1. The molecule has 114 valence electrons. The van der Waals surface area contributed by atoms with Gasteiger partial charge in [0.25, 0.3) is 0 Å². The van der Waals surface area contributed by atoms with Crippen LogP contribution in [0.1, 0.15) is 0 Å². The van der Waals surface area contributed by atoms with E-state index in [4.69, 9.17) is 11.6 Å². The Kier molecular flexibility index (Phi) is 3.12. The van der Waals surface area contributed by atoms with Crippen LogP contribution in [0.25, 0.3) is 33.4 Å². The van der Waals surface area contributed by atoms with Crippen LogP contribution in [0.3, 0.4) is 0 Å². The molecule has 6 nitrogen and oxygen atoms in total. The highest BCUT2D eigenvalue weighted by Gasteiger charge is 2.14. The molecule has 4 aromatic heterocycles. The predicted octanol–water partition coefficient (Wildman–Crippen LogP) is 3.08. The van der Waals surface area contributed by atoms with Crippen LogP contribution in [0.2, 0.25) is 5.15 Å². The molecule has 4 rings (SSSR count). The molecule has 0 N–H and O–H groups in total. The minimum absolute atomic E-state index is 0.454. The first-order valence-electron chi connectivity index (χ1n) is 7.05. The highest BCUT2D eigenvalue weighted by atomic mass is 35.5. The molecule has 0 aliphatic carbocycles. The van der Waals surface area contributed by atoms with E-state index in [0.29, 0.717) is 5.15 Å². The van der Waals surface area contributed by atoms with E-state index in [0.717, 1.165) is 33.4 Å². The van der Waals surface area contributed by atoms with Crippen molar-refractivity contribution in [3.05, 3.63) is 48.1 Å². The molecule has 0 spiro atoms. The molecule has 23 heavy (non-hydrogen) atoms. The molecule has 0 radical (unpaired) electrons. The van der Waals surface area contributed by atoms with Gasteiger partial charge in [-0.05, 0) is 18.2 Å². The lowest BCUT2D eigenvalue weighted by molar-refractivity contribution is 0.766. The second-order valence-electron chi connectivity index (χ2n) is 5.36. The molecule has 0 amide bonds. The van der Waals surface area contributed by atoms with Gasteiger partial charge in [0.1, 0.15) is 10.8 Å². The molecule has 0 aliphatic rings. The maximum absolute atomic E-state index is 5.98. The lowest BCUT2D eigenvalue weighted by atomic mass is 10.1. The third-order valence-corrected chi connectivity index (χ3v) is 3.83. The number of hydrogen-bond donors (Lipinski definition) is 0. The summed E-state index contributed by atoms with van der Waals surface area (Å²) in [7, 11) is 3.78. The molecule has 0 bridgehead atoms. The van der Waals surface area contributed by atoms with Gasteiger partial charge < -0.3 is 0 Å². The third kappa shape index (κ3) is 2.47. The van der Waals surface area contributed by atoms with Crippen LogP contribution in [0.15, 0.2) is 43.0 Å². The molecule has 0 unspecified atom stereocenters. The molecule has 0 atom stereocenters. The van der Waals surface area contributed by atoms with E-state index in [2.05, 4.69) is 20.2 Å². The number of fused-ring (bicyclic) bond motifs is 1. The summed E-state index contributed by atoms with van der Waals surface area (Å²) in [4.78, 5) is 8.80. The third-order valence-electron chi connectivity index (χ3n) is 3.62. The van der Waals surface area contributed by atoms with Gasteiger partial charge in [-0.2, -0.15) is 10.2 Å². The predicted molar refractivity (Wildman–Crippen MR) is 89.0 cm³/mol. The maximum Gasteiger partial charge on any atom is 0.129 e. The monoisotopic (exact) mass is 324 g/mol. The van der Waals surface area contributed by atoms with Gasteiger partial charge in [0.2, 0.25) is 0 Å². The SMILES string of the molecule is Cn1cc(-c2nn(C)cc2-c2cnc3ccc(Cl)nc3c2)cn1. The first kappa shape index (κ1) is 13.9. The highest BCUT2D eigenvalue weighted by molar-refractivity contribution is 6.29. The number of pyridine rings is 2. The van der Waals surface area contributed by atoms with Crippen LogP contribution in [0.5, 0.6) is 0 Å². The fraction of sp³-hybridized carbons (Fsp3) is 0.125. The van der Waals surface area contributed by atoms with Crippen LogP contribution >= 0.6 is 11.6 Å². The molecule has 0 aromatic carbocycles. The Morgan fingerprint density at radius 2 is 1.83 bits per heavy atom. The Bertz CT molecular complexity index is 1020. The van der Waals surface area contributed by atoms with E-state index in [-0.39, 0.29) is 0 Å². The van der Waals surface area contributed by atoms with Crippen molar-refractivity contribution in [2.75, 3.05) is 0 Å².